The van der Waals surface area contributed by atoms with Crippen LogP contribution in [-0.2, 0) is 9.47 Å². The largest absolute Gasteiger partial charge is 0.381 e. The summed E-state index contributed by atoms with van der Waals surface area (Å²) in [5.41, 5.74) is 0.291. The fraction of sp³-hybridized carbons (Fsp3) is 1.00. The maximum absolute atomic E-state index is 5.67. The van der Waals surface area contributed by atoms with Gasteiger partial charge in [-0.2, -0.15) is 0 Å². The Labute approximate surface area is 94.3 Å². The minimum atomic E-state index is 0.291. The van der Waals surface area contributed by atoms with Crippen LogP contribution in [0.2, 0.25) is 0 Å². The van der Waals surface area contributed by atoms with E-state index in [2.05, 4.69) is 20.8 Å². The Hall–Kier alpha value is -0.0800. The van der Waals surface area contributed by atoms with Crippen molar-refractivity contribution in [3.63, 3.8) is 0 Å². The van der Waals surface area contributed by atoms with E-state index in [4.69, 9.17) is 9.47 Å². The Balaban J connectivity index is 2.65. The molecule has 2 atom stereocenters. The average molecular weight is 214 g/mol. The smallest absolute Gasteiger partial charge is 0.0649 e. The van der Waals surface area contributed by atoms with Crippen LogP contribution in [-0.4, -0.2) is 26.4 Å². The Morgan fingerprint density at radius 1 is 1.40 bits per heavy atom. The summed E-state index contributed by atoms with van der Waals surface area (Å²) in [5, 5.41) is 0. The molecule has 0 amide bonds. The molecule has 1 rings (SSSR count). The van der Waals surface area contributed by atoms with Gasteiger partial charge in [0.25, 0.3) is 0 Å². The van der Waals surface area contributed by atoms with Crippen molar-refractivity contribution < 1.29 is 9.47 Å². The second kappa shape index (κ2) is 5.86. The second-order valence-corrected chi connectivity index (χ2v) is 5.21. The van der Waals surface area contributed by atoms with Crippen molar-refractivity contribution in [1.82, 2.24) is 0 Å². The number of ether oxygens (including phenoxy) is 2. The van der Waals surface area contributed by atoms with Gasteiger partial charge >= 0.3 is 0 Å². The molecule has 1 aliphatic rings. The van der Waals surface area contributed by atoms with Gasteiger partial charge in [-0.25, -0.2) is 0 Å². The third-order valence-electron chi connectivity index (χ3n) is 3.52. The van der Waals surface area contributed by atoms with Gasteiger partial charge in [0, 0.05) is 19.1 Å². The summed E-state index contributed by atoms with van der Waals surface area (Å²) in [5.74, 6) is 0.723. The Bertz CT molecular complexity index is 179. The minimum absolute atomic E-state index is 0.291. The summed E-state index contributed by atoms with van der Waals surface area (Å²) in [6.45, 7) is 8.34. The maximum atomic E-state index is 5.67. The van der Waals surface area contributed by atoms with Crippen molar-refractivity contribution in [2.24, 2.45) is 11.3 Å². The van der Waals surface area contributed by atoms with Crippen LogP contribution in [0.1, 0.15) is 46.5 Å². The molecular formula is C13H26O2. The molecule has 2 nitrogen and oxygen atoms in total. The molecule has 0 radical (unpaired) electrons. The van der Waals surface area contributed by atoms with Crippen molar-refractivity contribution in [2.75, 3.05) is 20.3 Å². The second-order valence-electron chi connectivity index (χ2n) is 5.21. The highest BCUT2D eigenvalue weighted by Gasteiger charge is 2.43. The zero-order chi connectivity index (χ0) is 11.3. The lowest BCUT2D eigenvalue weighted by molar-refractivity contribution is -0.0545. The molecular weight excluding hydrogens is 188 g/mol. The topological polar surface area (TPSA) is 18.5 Å². The molecule has 0 aromatic rings. The molecule has 0 bridgehead atoms. The van der Waals surface area contributed by atoms with E-state index in [-0.39, 0.29) is 0 Å². The molecule has 0 aromatic heterocycles. The van der Waals surface area contributed by atoms with Crippen LogP contribution in [0.3, 0.4) is 0 Å². The number of hydrogen-bond acceptors (Lipinski definition) is 2. The molecule has 1 fully saturated rings. The third kappa shape index (κ3) is 3.18. The van der Waals surface area contributed by atoms with Gasteiger partial charge in [-0.15, -0.1) is 0 Å². The molecule has 0 aliphatic heterocycles. The monoisotopic (exact) mass is 214 g/mol. The number of methoxy groups -OCH3 is 1. The van der Waals surface area contributed by atoms with Crippen LogP contribution < -0.4 is 0 Å². The standard InChI is InChI=1S/C13H26O2/c1-5-15-10-13(9-11(2)3)8-6-7-12(13)14-4/h11-12H,5-10H2,1-4H3. The first-order valence-corrected chi connectivity index (χ1v) is 6.25. The highest BCUT2D eigenvalue weighted by molar-refractivity contribution is 4.93. The van der Waals surface area contributed by atoms with E-state index in [0.29, 0.717) is 11.5 Å². The lowest BCUT2D eigenvalue weighted by atomic mass is 9.77. The van der Waals surface area contributed by atoms with Crippen LogP contribution in [0.25, 0.3) is 0 Å². The Morgan fingerprint density at radius 3 is 2.67 bits per heavy atom. The molecule has 1 aliphatic carbocycles. The lowest BCUT2D eigenvalue weighted by Gasteiger charge is -2.36. The Morgan fingerprint density at radius 2 is 2.13 bits per heavy atom. The fourth-order valence-electron chi connectivity index (χ4n) is 3.05. The van der Waals surface area contributed by atoms with Gasteiger partial charge < -0.3 is 9.47 Å². The molecule has 0 aromatic carbocycles. The lowest BCUT2D eigenvalue weighted by Crippen LogP contribution is -2.37. The van der Waals surface area contributed by atoms with Gasteiger partial charge in [0.05, 0.1) is 12.7 Å². The summed E-state index contributed by atoms with van der Waals surface area (Å²) in [6.07, 6.45) is 5.40. The number of rotatable bonds is 6. The van der Waals surface area contributed by atoms with Crippen LogP contribution in [0.4, 0.5) is 0 Å². The van der Waals surface area contributed by atoms with E-state index in [9.17, 15) is 0 Å². The summed E-state index contributed by atoms with van der Waals surface area (Å²) in [6, 6.07) is 0. The van der Waals surface area contributed by atoms with Gasteiger partial charge in [-0.05, 0) is 32.1 Å². The molecule has 0 spiro atoms. The van der Waals surface area contributed by atoms with Gasteiger partial charge in [0.2, 0.25) is 0 Å². The zero-order valence-electron chi connectivity index (χ0n) is 10.7. The molecule has 1 saturated carbocycles. The Kier molecular flexibility index (Phi) is 5.07. The normalized spacial score (nSPS) is 31.4. The predicted octanol–water partition coefficient (Wildman–Crippen LogP) is 3.25. The molecule has 0 heterocycles. The van der Waals surface area contributed by atoms with Crippen LogP contribution >= 0.6 is 0 Å². The van der Waals surface area contributed by atoms with Crippen molar-refractivity contribution in [2.45, 2.75) is 52.6 Å². The summed E-state index contributed by atoms with van der Waals surface area (Å²) in [7, 11) is 1.84. The van der Waals surface area contributed by atoms with E-state index in [0.717, 1.165) is 19.1 Å². The molecule has 0 saturated heterocycles. The van der Waals surface area contributed by atoms with E-state index in [1.807, 2.05) is 7.11 Å². The molecule has 2 unspecified atom stereocenters. The summed E-state index contributed by atoms with van der Waals surface area (Å²) in [4.78, 5) is 0. The maximum Gasteiger partial charge on any atom is 0.0649 e. The molecule has 15 heavy (non-hydrogen) atoms. The summed E-state index contributed by atoms with van der Waals surface area (Å²) >= 11 is 0. The van der Waals surface area contributed by atoms with Gasteiger partial charge in [-0.1, -0.05) is 20.3 Å². The van der Waals surface area contributed by atoms with E-state index >= 15 is 0 Å². The van der Waals surface area contributed by atoms with Gasteiger partial charge in [0.1, 0.15) is 0 Å². The predicted molar refractivity (Wildman–Crippen MR) is 63.0 cm³/mol. The van der Waals surface area contributed by atoms with Gasteiger partial charge in [-0.3, -0.25) is 0 Å². The van der Waals surface area contributed by atoms with Crippen molar-refractivity contribution in [3.05, 3.63) is 0 Å². The quantitative estimate of drug-likeness (QED) is 0.675. The first kappa shape index (κ1) is 13.0. The van der Waals surface area contributed by atoms with Crippen LogP contribution in [0.15, 0.2) is 0 Å². The number of hydrogen-bond donors (Lipinski definition) is 0. The average Bonchev–Trinajstić information content (AvgIpc) is 2.57. The van der Waals surface area contributed by atoms with Crippen molar-refractivity contribution in [3.8, 4) is 0 Å². The minimum Gasteiger partial charge on any atom is -0.381 e. The molecule has 0 N–H and O–H groups in total. The third-order valence-corrected chi connectivity index (χ3v) is 3.52. The first-order valence-electron chi connectivity index (χ1n) is 6.25. The van der Waals surface area contributed by atoms with Gasteiger partial charge in [0.15, 0.2) is 0 Å². The summed E-state index contributed by atoms with van der Waals surface area (Å²) < 4.78 is 11.3. The highest BCUT2D eigenvalue weighted by atomic mass is 16.5. The van der Waals surface area contributed by atoms with E-state index in [1.165, 1.54) is 25.7 Å². The van der Waals surface area contributed by atoms with Crippen molar-refractivity contribution in [1.29, 1.82) is 0 Å². The fourth-order valence-corrected chi connectivity index (χ4v) is 3.05. The molecule has 2 heteroatoms. The highest BCUT2D eigenvalue weighted by Crippen LogP contribution is 2.45. The van der Waals surface area contributed by atoms with E-state index in [1.54, 1.807) is 0 Å². The van der Waals surface area contributed by atoms with Crippen LogP contribution in [0, 0.1) is 11.3 Å². The molecule has 90 valence electrons. The SMILES string of the molecule is CCOCC1(CC(C)C)CCCC1OC. The zero-order valence-corrected chi connectivity index (χ0v) is 10.7. The van der Waals surface area contributed by atoms with E-state index < -0.39 is 0 Å². The first-order chi connectivity index (χ1) is 7.14. The van der Waals surface area contributed by atoms with Crippen molar-refractivity contribution >= 4 is 0 Å². The van der Waals surface area contributed by atoms with Crippen LogP contribution in [0.5, 0.6) is 0 Å².